The summed E-state index contributed by atoms with van der Waals surface area (Å²) in [5.74, 6) is -11.3. The first-order valence-corrected chi connectivity index (χ1v) is 30.7. The molecule has 0 aromatic carbocycles. The van der Waals surface area contributed by atoms with Gasteiger partial charge < -0.3 is 58.3 Å². The molecule has 4 saturated heterocycles. The molecule has 0 spiro atoms. The fourth-order valence-electron chi connectivity index (χ4n) is 12.4. The van der Waals surface area contributed by atoms with E-state index in [4.69, 9.17) is 28.4 Å². The zero-order valence-corrected chi connectivity index (χ0v) is 55.4. The lowest BCUT2D eigenvalue weighted by Gasteiger charge is -2.70. The summed E-state index contributed by atoms with van der Waals surface area (Å²) in [5.41, 5.74) is -12.3. The number of hydrogen-bond acceptors (Lipinski definition) is 17. The molecule has 8 fully saturated rings. The summed E-state index contributed by atoms with van der Waals surface area (Å²) < 4.78 is 146. The van der Waals surface area contributed by atoms with Crippen molar-refractivity contribution in [2.75, 3.05) is 19.8 Å². The van der Waals surface area contributed by atoms with Crippen LogP contribution in [0.2, 0.25) is 0 Å². The van der Waals surface area contributed by atoms with Crippen LogP contribution >= 0.6 is 0 Å². The molecule has 4 saturated carbocycles. The molecule has 4 aliphatic carbocycles. The predicted octanol–water partition coefficient (Wildman–Crippen LogP) is 11.8. The third-order valence-electron chi connectivity index (χ3n) is 20.8. The molecule has 512 valence electrons. The molecule has 8 aliphatic rings. The van der Waals surface area contributed by atoms with E-state index in [1.165, 1.54) is 13.8 Å². The summed E-state index contributed by atoms with van der Waals surface area (Å²) >= 11 is 0. The Morgan fingerprint density at radius 1 is 0.614 bits per heavy atom. The number of carbonyl (C=O) groups is 5. The first kappa shape index (κ1) is 77.0. The van der Waals surface area contributed by atoms with Crippen molar-refractivity contribution >= 4 is 29.8 Å². The minimum Gasteiger partial charge on any atom is -0.462 e. The van der Waals surface area contributed by atoms with Crippen molar-refractivity contribution in [1.82, 2.24) is 0 Å². The highest BCUT2D eigenvalue weighted by molar-refractivity contribution is 5.78. The molecule has 0 aromatic heterocycles. The van der Waals surface area contributed by atoms with Crippen LogP contribution < -0.4 is 0 Å². The Hall–Kier alpha value is -3.49. The Bertz CT molecular complexity index is 2460. The van der Waals surface area contributed by atoms with Crippen molar-refractivity contribution in [2.45, 2.75) is 304 Å². The number of fused-ring (bicyclic) bond motifs is 2. The van der Waals surface area contributed by atoms with E-state index < -0.39 is 98.5 Å². The van der Waals surface area contributed by atoms with Gasteiger partial charge in [-0.1, -0.05) is 27.7 Å². The molecule has 0 aromatic rings. The largest absolute Gasteiger partial charge is 0.462 e. The standard InChI is InChI=1S/C22H38O4.C19H31F3O5.C12H17F5O4.C10H16O4/c1-8-17(2,3)16(23)26-22-11-15-9-20(13-22,18(4,5)24)12-21(10-15,14-22)19(6,7)25;1-7-16(2,3)15(23)27-14-9-12-11(8-13(14)26-12)17(4,5)25-10-18(6,24)19(20,21)22;1-5-8(2,3)7(18)21-9(4)6-20-11(19,10(9,13)14)12(15,16)17;1-4-10(2,3)9(12)14-7-5-8(11)13-6-7/h15,24-25H,8-14H2,1-7H3;11-14,24H,7-10H2,1-6H3;19H,5-6H2,1-4H3;7H,4-6H2,1-3H3. The second kappa shape index (κ2) is 25.4. The van der Waals surface area contributed by atoms with Gasteiger partial charge in [0.1, 0.15) is 24.4 Å². The number of alkyl halides is 8. The van der Waals surface area contributed by atoms with Gasteiger partial charge in [-0.2, -0.15) is 35.1 Å². The number of hydrogen-bond donors (Lipinski definition) is 4. The Kier molecular flexibility index (Phi) is 22.2. The van der Waals surface area contributed by atoms with Gasteiger partial charge >= 0.3 is 53.9 Å². The molecule has 0 amide bonds. The molecule has 0 radical (unpaired) electrons. The van der Waals surface area contributed by atoms with E-state index >= 15 is 0 Å². The highest BCUT2D eigenvalue weighted by atomic mass is 19.4. The third-order valence-corrected chi connectivity index (χ3v) is 20.8. The molecule has 4 heterocycles. The van der Waals surface area contributed by atoms with E-state index in [0.29, 0.717) is 58.3 Å². The fourth-order valence-corrected chi connectivity index (χ4v) is 12.4. The van der Waals surface area contributed by atoms with E-state index in [-0.39, 0.29) is 84.5 Å². The van der Waals surface area contributed by atoms with E-state index in [1.807, 2.05) is 90.0 Å². The Morgan fingerprint density at radius 2 is 1.06 bits per heavy atom. The van der Waals surface area contributed by atoms with Crippen LogP contribution in [-0.2, 0) is 61.9 Å². The van der Waals surface area contributed by atoms with Gasteiger partial charge in [0.15, 0.2) is 5.60 Å². The minimum absolute atomic E-state index is 0.138. The first-order chi connectivity index (χ1) is 39.3. The number of rotatable bonds is 18. The molecule has 8 rings (SSSR count). The number of aliphatic hydroxyl groups is 4. The van der Waals surface area contributed by atoms with Crippen molar-refractivity contribution < 1.29 is 117 Å². The van der Waals surface area contributed by atoms with Crippen LogP contribution in [0.3, 0.4) is 0 Å². The van der Waals surface area contributed by atoms with Crippen LogP contribution in [-0.4, -0.2) is 152 Å². The lowest BCUT2D eigenvalue weighted by molar-refractivity contribution is -0.409. The number of ether oxygens (including phenoxy) is 8. The molecule has 4 aliphatic heterocycles. The smallest absolute Gasteiger partial charge is 0.449 e. The summed E-state index contributed by atoms with van der Waals surface area (Å²) in [6.45, 7) is 31.8. The monoisotopic (exact) mass is 1280 g/mol. The minimum atomic E-state index is -5.74. The molecule has 88 heavy (non-hydrogen) atoms. The Morgan fingerprint density at radius 3 is 1.43 bits per heavy atom. The summed E-state index contributed by atoms with van der Waals surface area (Å²) in [5, 5.41) is 41.0. The van der Waals surface area contributed by atoms with Gasteiger partial charge in [-0.25, -0.2) is 0 Å². The van der Waals surface area contributed by atoms with Crippen LogP contribution in [0.15, 0.2) is 0 Å². The fraction of sp³-hybridized carbons (Fsp3) is 0.921. The highest BCUT2D eigenvalue weighted by Gasteiger charge is 2.83. The first-order valence-electron chi connectivity index (χ1n) is 30.7. The SMILES string of the molecule is CCC(C)(C)C(=O)OC1(C)COC(O)(C(F)(F)F)C1(F)F.CCC(C)(C)C(=O)OC12CC3CC(C(C)(C)O)(C1)CC(C(C)(C)O)(C3)C2.CCC(C)(C)C(=O)OC1CC2OC1CC2C(C)(C)OCC(C)(O)C(F)(F)F.CCC(C)(C)C(=O)OC1COC(=O)C1. The van der Waals surface area contributed by atoms with Gasteiger partial charge in [0, 0.05) is 23.2 Å². The molecular formula is C63H102F8O17. The summed E-state index contributed by atoms with van der Waals surface area (Å²) in [6, 6.07) is 0. The maximum atomic E-state index is 14.0. The van der Waals surface area contributed by atoms with Crippen molar-refractivity contribution in [2.24, 2.45) is 44.3 Å². The molecule has 4 N–H and O–H groups in total. The zero-order valence-electron chi connectivity index (χ0n) is 55.4. The van der Waals surface area contributed by atoms with Gasteiger partial charge in [0.25, 0.3) is 0 Å². The number of cyclic esters (lactones) is 1. The van der Waals surface area contributed by atoms with E-state index in [2.05, 4.69) is 9.47 Å². The van der Waals surface area contributed by atoms with Gasteiger partial charge in [-0.05, 0) is 187 Å². The van der Waals surface area contributed by atoms with Crippen LogP contribution in [0.1, 0.15) is 222 Å². The average molecular weight is 1280 g/mol. The van der Waals surface area contributed by atoms with Gasteiger partial charge in [0.2, 0.25) is 5.60 Å². The molecule has 25 heteroatoms. The van der Waals surface area contributed by atoms with Crippen LogP contribution in [0.5, 0.6) is 0 Å². The van der Waals surface area contributed by atoms with Gasteiger partial charge in [-0.15, -0.1) is 0 Å². The normalized spacial score (nSPS) is 32.7. The van der Waals surface area contributed by atoms with Gasteiger partial charge in [0.05, 0.1) is 70.3 Å². The van der Waals surface area contributed by atoms with Crippen molar-refractivity contribution in [3.8, 4) is 0 Å². The summed E-state index contributed by atoms with van der Waals surface area (Å²) in [7, 11) is 0. The third kappa shape index (κ3) is 15.8. The Labute approximate surface area is 514 Å². The predicted molar refractivity (Wildman–Crippen MR) is 304 cm³/mol. The van der Waals surface area contributed by atoms with Crippen LogP contribution in [0.4, 0.5) is 35.1 Å². The summed E-state index contributed by atoms with van der Waals surface area (Å²) in [6.07, 6.45) is -3.15. The number of halogens is 8. The number of carbonyl (C=O) groups excluding carboxylic acids is 5. The highest BCUT2D eigenvalue weighted by Crippen LogP contribution is 2.72. The maximum absolute atomic E-state index is 14.0. The quantitative estimate of drug-likeness (QED) is 0.0567. The van der Waals surface area contributed by atoms with Crippen molar-refractivity contribution in [1.29, 1.82) is 0 Å². The van der Waals surface area contributed by atoms with Gasteiger partial charge in [-0.3, -0.25) is 24.0 Å². The van der Waals surface area contributed by atoms with Crippen molar-refractivity contribution in [3.63, 3.8) is 0 Å². The Balaban J connectivity index is 0.000000257. The second-order valence-corrected chi connectivity index (χ2v) is 30.6. The van der Waals surface area contributed by atoms with E-state index in [0.717, 1.165) is 32.1 Å². The van der Waals surface area contributed by atoms with Crippen LogP contribution in [0, 0.1) is 44.3 Å². The number of esters is 5. The summed E-state index contributed by atoms with van der Waals surface area (Å²) in [4.78, 5) is 59.4. The molecule has 17 nitrogen and oxygen atoms in total. The zero-order chi connectivity index (χ0) is 68.3. The molecule has 10 atom stereocenters. The average Bonchev–Trinajstić information content (AvgIpc) is 0.815. The lowest BCUT2D eigenvalue weighted by Crippen LogP contribution is -2.70. The lowest BCUT2D eigenvalue weighted by atomic mass is 9.37. The van der Waals surface area contributed by atoms with Crippen molar-refractivity contribution in [3.05, 3.63) is 0 Å². The van der Waals surface area contributed by atoms with Crippen LogP contribution in [0.25, 0.3) is 0 Å². The topological polar surface area (TPSA) is 240 Å². The maximum Gasteiger partial charge on any atom is 0.449 e. The van der Waals surface area contributed by atoms with E-state index in [1.54, 1.807) is 20.8 Å². The van der Waals surface area contributed by atoms with E-state index in [9.17, 15) is 79.5 Å². The molecule has 6 bridgehead atoms. The molecular weight excluding hydrogens is 1180 g/mol. The second-order valence-electron chi connectivity index (χ2n) is 30.6. The molecule has 10 unspecified atom stereocenters.